The Labute approximate surface area is 112 Å². The molecule has 3 rings (SSSR count). The average molecular weight is 252 g/mol. The molecule has 0 saturated heterocycles. The Balaban J connectivity index is 2.05. The maximum Gasteiger partial charge on any atom is 0.162 e. The van der Waals surface area contributed by atoms with Gasteiger partial charge in [-0.15, -0.1) is 0 Å². The van der Waals surface area contributed by atoms with E-state index < -0.39 is 0 Å². The molecule has 0 spiro atoms. The molecule has 96 valence electrons. The average Bonchev–Trinajstić information content (AvgIpc) is 2.74. The highest BCUT2D eigenvalue weighted by molar-refractivity contribution is 5.99. The lowest BCUT2D eigenvalue weighted by Crippen LogP contribution is -2.02. The van der Waals surface area contributed by atoms with Crippen molar-refractivity contribution in [3.05, 3.63) is 58.9 Å². The number of rotatable bonds is 2. The monoisotopic (exact) mass is 252 g/mol. The van der Waals surface area contributed by atoms with Crippen molar-refractivity contribution in [2.75, 3.05) is 0 Å². The molecule has 0 aromatic heterocycles. The number of ketones is 1. The van der Waals surface area contributed by atoms with Crippen LogP contribution in [-0.2, 0) is 11.2 Å². The molecule has 2 aromatic carbocycles. The van der Waals surface area contributed by atoms with Gasteiger partial charge in [0.15, 0.2) is 5.78 Å². The van der Waals surface area contributed by atoms with Gasteiger partial charge in [-0.2, -0.15) is 0 Å². The van der Waals surface area contributed by atoms with Gasteiger partial charge in [-0.05, 0) is 28.8 Å². The van der Waals surface area contributed by atoms with Crippen molar-refractivity contribution in [1.29, 1.82) is 0 Å². The molecule has 0 radical (unpaired) electrons. The van der Waals surface area contributed by atoms with Crippen LogP contribution in [0.5, 0.6) is 0 Å². The Morgan fingerprint density at radius 1 is 1.11 bits per heavy atom. The Morgan fingerprint density at radius 2 is 1.89 bits per heavy atom. The zero-order chi connectivity index (χ0) is 13.4. The Kier molecular flexibility index (Phi) is 2.86. The van der Waals surface area contributed by atoms with Crippen LogP contribution >= 0.6 is 0 Å². The van der Waals surface area contributed by atoms with Crippen molar-refractivity contribution in [2.24, 2.45) is 0 Å². The summed E-state index contributed by atoms with van der Waals surface area (Å²) < 4.78 is 0. The first-order chi connectivity index (χ1) is 9.16. The Bertz CT molecular complexity index is 695. The highest BCUT2D eigenvalue weighted by Crippen LogP contribution is 2.28. The topological polar surface area (TPSA) is 37.3 Å². The van der Waals surface area contributed by atoms with Gasteiger partial charge in [0.2, 0.25) is 0 Å². The Hall–Kier alpha value is -2.09. The van der Waals surface area contributed by atoms with Crippen LogP contribution in [0.4, 0.5) is 0 Å². The van der Waals surface area contributed by atoms with Crippen molar-refractivity contribution >= 4 is 16.6 Å². The molecule has 0 aliphatic heterocycles. The summed E-state index contributed by atoms with van der Waals surface area (Å²) in [6, 6.07) is 12.4. The number of hydrogen-bond acceptors (Lipinski definition) is 2. The maximum atomic E-state index is 11.7. The van der Waals surface area contributed by atoms with E-state index in [1.54, 1.807) is 0 Å². The molecule has 1 aliphatic rings. The zero-order valence-electron chi connectivity index (χ0n) is 10.9. The van der Waals surface area contributed by atoms with Crippen LogP contribution in [0.15, 0.2) is 47.7 Å². The second-order valence-corrected chi connectivity index (χ2v) is 5.10. The van der Waals surface area contributed by atoms with Gasteiger partial charge in [0.25, 0.3) is 0 Å². The number of hydrogen-bond donors (Lipinski definition) is 1. The van der Waals surface area contributed by atoms with Crippen molar-refractivity contribution in [2.45, 2.75) is 26.2 Å². The van der Waals surface area contributed by atoms with E-state index >= 15 is 0 Å². The molecule has 0 amide bonds. The van der Waals surface area contributed by atoms with Crippen LogP contribution in [0.2, 0.25) is 0 Å². The summed E-state index contributed by atoms with van der Waals surface area (Å²) in [7, 11) is 0. The number of benzene rings is 2. The number of Topliss-reactive ketones (excluding diaryl/α,β-unsaturated/α-hetero) is 1. The minimum absolute atomic E-state index is 0.0880. The van der Waals surface area contributed by atoms with E-state index in [-0.39, 0.29) is 11.5 Å². The molecule has 0 atom stereocenters. The predicted octanol–water partition coefficient (Wildman–Crippen LogP) is 3.87. The molecule has 1 aliphatic carbocycles. The van der Waals surface area contributed by atoms with E-state index in [1.807, 2.05) is 12.1 Å². The zero-order valence-corrected chi connectivity index (χ0v) is 10.9. The molecule has 2 aromatic rings. The van der Waals surface area contributed by atoms with E-state index in [2.05, 4.69) is 31.2 Å². The van der Waals surface area contributed by atoms with Gasteiger partial charge in [0.1, 0.15) is 0 Å². The second-order valence-electron chi connectivity index (χ2n) is 5.10. The van der Waals surface area contributed by atoms with E-state index in [0.717, 1.165) is 5.56 Å². The van der Waals surface area contributed by atoms with Gasteiger partial charge in [0.05, 0.1) is 5.76 Å². The molecule has 0 unspecified atom stereocenters. The summed E-state index contributed by atoms with van der Waals surface area (Å²) in [6.07, 6.45) is 1.50. The van der Waals surface area contributed by atoms with E-state index in [0.29, 0.717) is 24.8 Å². The first-order valence-corrected chi connectivity index (χ1v) is 6.58. The summed E-state index contributed by atoms with van der Waals surface area (Å²) >= 11 is 0. The van der Waals surface area contributed by atoms with Crippen molar-refractivity contribution in [3.63, 3.8) is 0 Å². The third-order valence-corrected chi connectivity index (χ3v) is 3.95. The molecule has 0 fully saturated rings. The molecule has 19 heavy (non-hydrogen) atoms. The maximum absolute atomic E-state index is 11.7. The summed E-state index contributed by atoms with van der Waals surface area (Å²) in [5, 5.41) is 12.2. The summed E-state index contributed by atoms with van der Waals surface area (Å²) in [4.78, 5) is 11.7. The molecule has 1 N–H and O–H groups in total. The lowest BCUT2D eigenvalue weighted by Gasteiger charge is -2.10. The SMILES string of the molecule is Cc1c(CC2=C(O)CCC2=O)ccc2ccccc12. The van der Waals surface area contributed by atoms with Gasteiger partial charge in [-0.1, -0.05) is 36.4 Å². The lowest BCUT2D eigenvalue weighted by atomic mass is 9.95. The smallest absolute Gasteiger partial charge is 0.162 e. The lowest BCUT2D eigenvalue weighted by molar-refractivity contribution is -0.115. The number of aliphatic hydroxyl groups is 1. The number of aliphatic hydroxyl groups excluding tert-OH is 1. The first kappa shape index (κ1) is 12.0. The van der Waals surface area contributed by atoms with Crippen LogP contribution < -0.4 is 0 Å². The number of allylic oxidation sites excluding steroid dienone is 2. The van der Waals surface area contributed by atoms with Crippen molar-refractivity contribution in [3.8, 4) is 0 Å². The van der Waals surface area contributed by atoms with Crippen LogP contribution in [0.1, 0.15) is 24.0 Å². The largest absolute Gasteiger partial charge is 0.512 e. The van der Waals surface area contributed by atoms with Gasteiger partial charge in [-0.3, -0.25) is 4.79 Å². The predicted molar refractivity (Wildman–Crippen MR) is 76.3 cm³/mol. The Morgan fingerprint density at radius 3 is 2.63 bits per heavy atom. The third-order valence-electron chi connectivity index (χ3n) is 3.95. The van der Waals surface area contributed by atoms with E-state index in [1.165, 1.54) is 16.3 Å². The van der Waals surface area contributed by atoms with Crippen molar-refractivity contribution in [1.82, 2.24) is 0 Å². The summed E-state index contributed by atoms with van der Waals surface area (Å²) in [5.41, 5.74) is 2.91. The van der Waals surface area contributed by atoms with Gasteiger partial charge in [-0.25, -0.2) is 0 Å². The van der Waals surface area contributed by atoms with Crippen LogP contribution in [-0.4, -0.2) is 10.9 Å². The van der Waals surface area contributed by atoms with Crippen molar-refractivity contribution < 1.29 is 9.90 Å². The fourth-order valence-electron chi connectivity index (χ4n) is 2.75. The van der Waals surface area contributed by atoms with Gasteiger partial charge >= 0.3 is 0 Å². The molecule has 2 nitrogen and oxygen atoms in total. The number of carbonyl (C=O) groups excluding carboxylic acids is 1. The highest BCUT2D eigenvalue weighted by atomic mass is 16.3. The first-order valence-electron chi connectivity index (χ1n) is 6.58. The second kappa shape index (κ2) is 4.54. The normalized spacial score (nSPS) is 15.5. The molecule has 0 heterocycles. The minimum atomic E-state index is 0.0880. The third kappa shape index (κ3) is 2.03. The van der Waals surface area contributed by atoms with Crippen LogP contribution in [0.3, 0.4) is 0 Å². The van der Waals surface area contributed by atoms with Gasteiger partial charge in [0, 0.05) is 24.8 Å². The number of carbonyl (C=O) groups is 1. The molecule has 2 heteroatoms. The molecule has 0 bridgehead atoms. The van der Waals surface area contributed by atoms with E-state index in [4.69, 9.17) is 0 Å². The fourth-order valence-corrected chi connectivity index (χ4v) is 2.75. The molecular weight excluding hydrogens is 236 g/mol. The number of fused-ring (bicyclic) bond motifs is 1. The summed E-state index contributed by atoms with van der Waals surface area (Å²) in [6.45, 7) is 2.08. The standard InChI is InChI=1S/C17H16O2/c1-11-13(10-15-16(18)8-9-17(15)19)7-6-12-4-2-3-5-14(11)12/h2-7,18H,8-10H2,1H3. The minimum Gasteiger partial charge on any atom is -0.512 e. The number of aryl methyl sites for hydroxylation is 1. The van der Waals surface area contributed by atoms with Crippen LogP contribution in [0.25, 0.3) is 10.8 Å². The van der Waals surface area contributed by atoms with Gasteiger partial charge < -0.3 is 5.11 Å². The fraction of sp³-hybridized carbons (Fsp3) is 0.235. The molecule has 0 saturated carbocycles. The quantitative estimate of drug-likeness (QED) is 0.881. The summed E-state index contributed by atoms with van der Waals surface area (Å²) in [5.74, 6) is 0.364. The molecular formula is C17H16O2. The highest BCUT2D eigenvalue weighted by Gasteiger charge is 2.23. The van der Waals surface area contributed by atoms with Crippen LogP contribution in [0, 0.1) is 6.92 Å². The van der Waals surface area contributed by atoms with E-state index in [9.17, 15) is 9.90 Å².